The number of esters is 1. The van der Waals surface area contributed by atoms with Crippen molar-refractivity contribution in [2.24, 2.45) is 5.73 Å². The Kier molecular flexibility index (Phi) is 12.8. The van der Waals surface area contributed by atoms with Gasteiger partial charge in [0, 0.05) is 6.54 Å². The molecule has 0 aromatic heterocycles. The van der Waals surface area contributed by atoms with Gasteiger partial charge in [0.05, 0.1) is 39.6 Å². The summed E-state index contributed by atoms with van der Waals surface area (Å²) in [6, 6.07) is 0. The molecule has 6 heteroatoms. The number of rotatable bonds is 12. The lowest BCUT2D eigenvalue weighted by Gasteiger charge is -2.06. The predicted octanol–water partition coefficient (Wildman–Crippen LogP) is -0.0519. The zero-order valence-electron chi connectivity index (χ0n) is 10.5. The third kappa shape index (κ3) is 13.2. The van der Waals surface area contributed by atoms with E-state index in [1.165, 1.54) is 0 Å². The predicted molar refractivity (Wildman–Crippen MR) is 62.8 cm³/mol. The van der Waals surface area contributed by atoms with Gasteiger partial charge in [0.15, 0.2) is 0 Å². The highest BCUT2D eigenvalue weighted by Gasteiger charge is 2.01. The van der Waals surface area contributed by atoms with E-state index in [1.54, 1.807) is 0 Å². The normalized spacial score (nSPS) is 10.5. The molecule has 102 valence electrons. The summed E-state index contributed by atoms with van der Waals surface area (Å²) in [5, 5.41) is 0. The largest absolute Gasteiger partial charge is 0.464 e. The fraction of sp³-hybridized carbons (Fsp3) is 0.909. The van der Waals surface area contributed by atoms with Crippen molar-refractivity contribution in [2.45, 2.75) is 13.3 Å². The molecule has 0 saturated carbocycles. The molecule has 0 aliphatic carbocycles. The van der Waals surface area contributed by atoms with Crippen molar-refractivity contribution in [1.29, 1.82) is 0 Å². The lowest BCUT2D eigenvalue weighted by molar-refractivity contribution is -0.149. The van der Waals surface area contributed by atoms with Gasteiger partial charge < -0.3 is 24.7 Å². The number of nitrogens with two attached hydrogens (primary N) is 1. The molecule has 0 unspecified atom stereocenters. The van der Waals surface area contributed by atoms with E-state index in [9.17, 15) is 4.79 Å². The molecular weight excluding hydrogens is 226 g/mol. The Morgan fingerprint density at radius 2 is 1.53 bits per heavy atom. The van der Waals surface area contributed by atoms with Crippen LogP contribution in [0.5, 0.6) is 0 Å². The zero-order chi connectivity index (χ0) is 12.8. The van der Waals surface area contributed by atoms with Gasteiger partial charge in [-0.05, 0) is 6.42 Å². The second-order valence-electron chi connectivity index (χ2n) is 3.29. The highest BCUT2D eigenvalue weighted by Crippen LogP contribution is 1.85. The van der Waals surface area contributed by atoms with Crippen molar-refractivity contribution < 1.29 is 23.7 Å². The van der Waals surface area contributed by atoms with Gasteiger partial charge in [-0.15, -0.1) is 0 Å². The second-order valence-corrected chi connectivity index (χ2v) is 3.29. The van der Waals surface area contributed by atoms with Crippen molar-refractivity contribution in [3.05, 3.63) is 0 Å². The average Bonchev–Trinajstić information content (AvgIpc) is 2.34. The van der Waals surface area contributed by atoms with Crippen molar-refractivity contribution in [3.8, 4) is 0 Å². The first-order valence-electron chi connectivity index (χ1n) is 5.90. The number of hydrogen-bond donors (Lipinski definition) is 1. The molecule has 0 aromatic rings. The van der Waals surface area contributed by atoms with Crippen LogP contribution in [0.1, 0.15) is 13.3 Å². The van der Waals surface area contributed by atoms with Gasteiger partial charge in [-0.25, -0.2) is 4.79 Å². The minimum absolute atomic E-state index is 0.0208. The van der Waals surface area contributed by atoms with Crippen molar-refractivity contribution in [1.82, 2.24) is 0 Å². The van der Waals surface area contributed by atoms with E-state index in [4.69, 9.17) is 24.7 Å². The Labute approximate surface area is 102 Å². The van der Waals surface area contributed by atoms with Gasteiger partial charge in [-0.1, -0.05) is 6.92 Å². The summed E-state index contributed by atoms with van der Waals surface area (Å²) in [6.45, 7) is 5.26. The first-order valence-corrected chi connectivity index (χ1v) is 5.90. The molecule has 0 aromatic carbocycles. The van der Waals surface area contributed by atoms with Crippen LogP contribution in [-0.4, -0.2) is 58.8 Å². The maximum atomic E-state index is 11.0. The maximum Gasteiger partial charge on any atom is 0.332 e. The molecule has 0 saturated heterocycles. The Morgan fingerprint density at radius 1 is 0.941 bits per heavy atom. The molecule has 0 heterocycles. The fourth-order valence-corrected chi connectivity index (χ4v) is 0.936. The number of ether oxygens (including phenoxy) is 4. The summed E-state index contributed by atoms with van der Waals surface area (Å²) in [7, 11) is 0. The Bertz CT molecular complexity index is 177. The van der Waals surface area contributed by atoms with E-state index in [2.05, 4.69) is 0 Å². The van der Waals surface area contributed by atoms with Crippen LogP contribution in [-0.2, 0) is 23.7 Å². The van der Waals surface area contributed by atoms with Crippen LogP contribution in [0.25, 0.3) is 0 Å². The monoisotopic (exact) mass is 249 g/mol. The van der Waals surface area contributed by atoms with E-state index >= 15 is 0 Å². The van der Waals surface area contributed by atoms with E-state index in [-0.39, 0.29) is 12.6 Å². The molecule has 6 nitrogen and oxygen atoms in total. The zero-order valence-corrected chi connectivity index (χ0v) is 10.5. The van der Waals surface area contributed by atoms with Crippen LogP contribution in [0.3, 0.4) is 0 Å². The summed E-state index contributed by atoms with van der Waals surface area (Å²) in [5.41, 5.74) is 5.24. The van der Waals surface area contributed by atoms with Crippen LogP contribution >= 0.6 is 0 Å². The standard InChI is InChI=1S/C11H23NO5/c1-2-4-17-11(13)10-16-9-8-15-7-6-14-5-3-12/h2-10,12H2,1H3. The topological polar surface area (TPSA) is 80.0 Å². The minimum atomic E-state index is -0.335. The first-order chi connectivity index (χ1) is 8.31. The van der Waals surface area contributed by atoms with Gasteiger partial charge in [-0.2, -0.15) is 0 Å². The maximum absolute atomic E-state index is 11.0. The number of carbonyl (C=O) groups is 1. The molecule has 2 N–H and O–H groups in total. The summed E-state index contributed by atoms with van der Waals surface area (Å²) < 4.78 is 20.2. The SMILES string of the molecule is CCCOC(=O)COCCOCCOCCN. The summed E-state index contributed by atoms with van der Waals surface area (Å²) in [6.07, 6.45) is 0.817. The highest BCUT2D eigenvalue weighted by atomic mass is 16.6. The molecule has 0 fully saturated rings. The molecule has 17 heavy (non-hydrogen) atoms. The minimum Gasteiger partial charge on any atom is -0.464 e. The molecule has 0 aliphatic heterocycles. The second kappa shape index (κ2) is 13.4. The Hall–Kier alpha value is -0.690. The van der Waals surface area contributed by atoms with Crippen molar-refractivity contribution in [3.63, 3.8) is 0 Å². The molecule has 0 amide bonds. The number of carbonyl (C=O) groups excluding carboxylic acids is 1. The van der Waals surface area contributed by atoms with E-state index in [0.29, 0.717) is 46.2 Å². The van der Waals surface area contributed by atoms with Gasteiger partial charge in [0.1, 0.15) is 6.61 Å². The Morgan fingerprint density at radius 3 is 2.12 bits per heavy atom. The van der Waals surface area contributed by atoms with Gasteiger partial charge >= 0.3 is 5.97 Å². The molecule has 0 atom stereocenters. The third-order valence-electron chi connectivity index (χ3n) is 1.69. The smallest absolute Gasteiger partial charge is 0.332 e. The van der Waals surface area contributed by atoms with Gasteiger partial charge in [-0.3, -0.25) is 0 Å². The summed E-state index contributed by atoms with van der Waals surface area (Å²) in [5.74, 6) is -0.335. The van der Waals surface area contributed by atoms with E-state index in [0.717, 1.165) is 6.42 Å². The number of hydrogen-bond acceptors (Lipinski definition) is 6. The molecule has 0 spiro atoms. The molecule has 0 aliphatic rings. The van der Waals surface area contributed by atoms with Crippen LogP contribution in [0.4, 0.5) is 0 Å². The van der Waals surface area contributed by atoms with Crippen molar-refractivity contribution >= 4 is 5.97 Å². The molecule has 0 radical (unpaired) electrons. The quantitative estimate of drug-likeness (QED) is 0.386. The lowest BCUT2D eigenvalue weighted by atomic mass is 10.5. The highest BCUT2D eigenvalue weighted by molar-refractivity contribution is 5.70. The molecule has 0 rings (SSSR count). The van der Waals surface area contributed by atoms with Crippen LogP contribution in [0.15, 0.2) is 0 Å². The van der Waals surface area contributed by atoms with Gasteiger partial charge in [0.25, 0.3) is 0 Å². The van der Waals surface area contributed by atoms with Crippen LogP contribution in [0, 0.1) is 0 Å². The molecular formula is C11H23NO5. The van der Waals surface area contributed by atoms with Crippen molar-refractivity contribution in [2.75, 3.05) is 52.8 Å². The van der Waals surface area contributed by atoms with Crippen LogP contribution in [0.2, 0.25) is 0 Å². The lowest BCUT2D eigenvalue weighted by Crippen LogP contribution is -2.16. The summed E-state index contributed by atoms with van der Waals surface area (Å²) >= 11 is 0. The summed E-state index contributed by atoms with van der Waals surface area (Å²) in [4.78, 5) is 11.0. The van der Waals surface area contributed by atoms with E-state index in [1.807, 2.05) is 6.92 Å². The molecule has 0 bridgehead atoms. The van der Waals surface area contributed by atoms with E-state index < -0.39 is 0 Å². The average molecular weight is 249 g/mol. The first kappa shape index (κ1) is 16.3. The Balaban J connectivity index is 3.05. The van der Waals surface area contributed by atoms with Crippen LogP contribution < -0.4 is 5.73 Å². The fourth-order valence-electron chi connectivity index (χ4n) is 0.936. The van der Waals surface area contributed by atoms with Gasteiger partial charge in [0.2, 0.25) is 0 Å². The third-order valence-corrected chi connectivity index (χ3v) is 1.69.